The molecule has 2 heterocycles. The summed E-state index contributed by atoms with van der Waals surface area (Å²) in [6.45, 7) is 12.5. The molecule has 23 heavy (non-hydrogen) atoms. The van der Waals surface area contributed by atoms with Crippen LogP contribution in [0.15, 0.2) is 4.52 Å². The molecule has 1 aliphatic heterocycles. The van der Waals surface area contributed by atoms with E-state index in [1.165, 1.54) is 0 Å². The van der Waals surface area contributed by atoms with Gasteiger partial charge in [0.2, 0.25) is 11.8 Å². The molecule has 1 fully saturated rings. The molecule has 1 N–H and O–H groups in total. The maximum absolute atomic E-state index is 11.5. The monoisotopic (exact) mass is 323 g/mol. The van der Waals surface area contributed by atoms with Crippen LogP contribution in [0, 0.1) is 0 Å². The highest BCUT2D eigenvalue weighted by atomic mass is 16.5. The quantitative estimate of drug-likeness (QED) is 0.897. The van der Waals surface area contributed by atoms with Gasteiger partial charge in [0.15, 0.2) is 5.82 Å². The summed E-state index contributed by atoms with van der Waals surface area (Å²) in [5.74, 6) is 1.49. The van der Waals surface area contributed by atoms with Crippen molar-refractivity contribution in [1.82, 2.24) is 25.3 Å². The molecule has 1 aromatic heterocycles. The van der Waals surface area contributed by atoms with Crippen molar-refractivity contribution in [1.29, 1.82) is 0 Å². The van der Waals surface area contributed by atoms with E-state index >= 15 is 0 Å². The second-order valence-electron chi connectivity index (χ2n) is 7.22. The molecule has 0 aromatic carbocycles. The molecular formula is C16H29N5O2. The molecule has 0 spiro atoms. The minimum Gasteiger partial charge on any atom is -0.358 e. The van der Waals surface area contributed by atoms with Crippen molar-refractivity contribution in [2.45, 2.75) is 45.6 Å². The van der Waals surface area contributed by atoms with Crippen LogP contribution in [-0.4, -0.2) is 65.6 Å². The lowest BCUT2D eigenvalue weighted by Gasteiger charge is -2.25. The number of aromatic nitrogens is 2. The van der Waals surface area contributed by atoms with Crippen molar-refractivity contribution in [3.63, 3.8) is 0 Å². The van der Waals surface area contributed by atoms with Crippen molar-refractivity contribution in [3.8, 4) is 0 Å². The minimum atomic E-state index is -0.107. The summed E-state index contributed by atoms with van der Waals surface area (Å²) in [5.41, 5.74) is -0.107. The Hall–Kier alpha value is -1.47. The maximum atomic E-state index is 11.5. The van der Waals surface area contributed by atoms with Gasteiger partial charge in [0.25, 0.3) is 0 Å². The number of nitrogens with one attached hydrogen (secondary N) is 1. The molecule has 7 nitrogen and oxygen atoms in total. The van der Waals surface area contributed by atoms with Crippen LogP contribution in [0.3, 0.4) is 0 Å². The maximum Gasteiger partial charge on any atom is 0.243 e. The molecule has 1 aromatic rings. The standard InChI is InChI=1S/C16H29N5O2/c1-12(14-18-15(19-23-14)16(2,3)4)21-8-6-7-20(9-10-21)11-13(22)17-5/h12H,6-11H2,1-5H3,(H,17,22)/t12-/m0/s1. The van der Waals surface area contributed by atoms with Crippen LogP contribution in [0.5, 0.6) is 0 Å². The third-order valence-electron chi connectivity index (χ3n) is 4.29. The van der Waals surface area contributed by atoms with E-state index in [1.54, 1.807) is 7.05 Å². The van der Waals surface area contributed by atoms with Gasteiger partial charge in [-0.05, 0) is 19.9 Å². The van der Waals surface area contributed by atoms with E-state index in [-0.39, 0.29) is 17.4 Å². The summed E-state index contributed by atoms with van der Waals surface area (Å²) >= 11 is 0. The number of carbonyl (C=O) groups excluding carboxylic acids is 1. The van der Waals surface area contributed by atoms with Crippen LogP contribution < -0.4 is 5.32 Å². The summed E-state index contributed by atoms with van der Waals surface area (Å²) in [6.07, 6.45) is 1.03. The molecular weight excluding hydrogens is 294 g/mol. The molecule has 0 aliphatic carbocycles. The van der Waals surface area contributed by atoms with Gasteiger partial charge in [-0.3, -0.25) is 14.6 Å². The van der Waals surface area contributed by atoms with Crippen molar-refractivity contribution in [3.05, 3.63) is 11.7 Å². The SMILES string of the molecule is CNC(=O)CN1CCCN([C@@H](C)c2nc(C(C)(C)C)no2)CC1. The number of rotatable bonds is 4. The molecule has 7 heteroatoms. The number of hydrogen-bond acceptors (Lipinski definition) is 6. The van der Waals surface area contributed by atoms with Gasteiger partial charge in [-0.2, -0.15) is 4.98 Å². The Morgan fingerprint density at radius 1 is 1.30 bits per heavy atom. The summed E-state index contributed by atoms with van der Waals surface area (Å²) in [6, 6.07) is 0.0959. The zero-order valence-electron chi connectivity index (χ0n) is 14.9. The van der Waals surface area contributed by atoms with E-state index in [1.807, 2.05) is 0 Å². The van der Waals surface area contributed by atoms with Gasteiger partial charge in [-0.25, -0.2) is 0 Å². The Bertz CT molecular complexity index is 523. The average molecular weight is 323 g/mol. The predicted molar refractivity (Wildman–Crippen MR) is 88.1 cm³/mol. The van der Waals surface area contributed by atoms with Gasteiger partial charge in [0.1, 0.15) is 0 Å². The fourth-order valence-corrected chi connectivity index (χ4v) is 2.68. The first-order chi connectivity index (χ1) is 10.8. The first kappa shape index (κ1) is 17.9. The molecule has 1 saturated heterocycles. The Morgan fingerprint density at radius 2 is 2.04 bits per heavy atom. The van der Waals surface area contributed by atoms with E-state index in [0.29, 0.717) is 12.4 Å². The average Bonchev–Trinajstić information content (AvgIpc) is 2.89. The summed E-state index contributed by atoms with van der Waals surface area (Å²) in [7, 11) is 1.68. The minimum absolute atomic E-state index is 0.0678. The fraction of sp³-hybridized carbons (Fsp3) is 0.812. The van der Waals surface area contributed by atoms with Gasteiger partial charge in [-0.1, -0.05) is 25.9 Å². The molecule has 0 bridgehead atoms. The lowest BCUT2D eigenvalue weighted by molar-refractivity contribution is -0.121. The highest BCUT2D eigenvalue weighted by molar-refractivity contribution is 5.77. The number of likely N-dealkylation sites (N-methyl/N-ethyl adjacent to an activating group) is 1. The van der Waals surface area contributed by atoms with Crippen molar-refractivity contribution < 1.29 is 9.32 Å². The molecule has 0 saturated carbocycles. The summed E-state index contributed by atoms with van der Waals surface area (Å²) in [5, 5.41) is 6.80. The zero-order chi connectivity index (χ0) is 17.0. The van der Waals surface area contributed by atoms with Crippen LogP contribution in [0.25, 0.3) is 0 Å². The number of carbonyl (C=O) groups is 1. The van der Waals surface area contributed by atoms with Crippen LogP contribution in [0.1, 0.15) is 51.9 Å². The number of nitrogens with zero attached hydrogens (tertiary/aromatic N) is 4. The molecule has 1 atom stereocenters. The molecule has 1 amide bonds. The van der Waals surface area contributed by atoms with Gasteiger partial charge in [0.05, 0.1) is 12.6 Å². The van der Waals surface area contributed by atoms with Crippen LogP contribution in [-0.2, 0) is 10.2 Å². The Kier molecular flexibility index (Phi) is 5.75. The van der Waals surface area contributed by atoms with Crippen LogP contribution >= 0.6 is 0 Å². The van der Waals surface area contributed by atoms with E-state index in [9.17, 15) is 4.79 Å². The second-order valence-corrected chi connectivity index (χ2v) is 7.22. The van der Waals surface area contributed by atoms with Gasteiger partial charge in [0, 0.05) is 32.1 Å². The highest BCUT2D eigenvalue weighted by Crippen LogP contribution is 2.24. The smallest absolute Gasteiger partial charge is 0.243 e. The van der Waals surface area contributed by atoms with Crippen molar-refractivity contribution >= 4 is 5.91 Å². The molecule has 130 valence electrons. The van der Waals surface area contributed by atoms with E-state index in [0.717, 1.165) is 38.4 Å². The molecule has 0 radical (unpaired) electrons. The molecule has 1 aliphatic rings. The highest BCUT2D eigenvalue weighted by Gasteiger charge is 2.27. The van der Waals surface area contributed by atoms with Crippen LogP contribution in [0.2, 0.25) is 0 Å². The normalized spacial score (nSPS) is 19.3. The lowest BCUT2D eigenvalue weighted by atomic mass is 9.96. The van der Waals surface area contributed by atoms with Gasteiger partial charge < -0.3 is 9.84 Å². The number of amides is 1. The first-order valence-corrected chi connectivity index (χ1v) is 8.32. The summed E-state index contributed by atoms with van der Waals surface area (Å²) < 4.78 is 5.48. The summed E-state index contributed by atoms with van der Waals surface area (Å²) in [4.78, 5) is 20.6. The van der Waals surface area contributed by atoms with Crippen molar-refractivity contribution in [2.75, 3.05) is 39.8 Å². The van der Waals surface area contributed by atoms with Crippen LogP contribution in [0.4, 0.5) is 0 Å². The van der Waals surface area contributed by atoms with E-state index < -0.39 is 0 Å². The topological polar surface area (TPSA) is 74.5 Å². The van der Waals surface area contributed by atoms with Crippen molar-refractivity contribution in [2.24, 2.45) is 0 Å². The first-order valence-electron chi connectivity index (χ1n) is 8.32. The van der Waals surface area contributed by atoms with E-state index in [2.05, 4.69) is 53.0 Å². The largest absolute Gasteiger partial charge is 0.358 e. The Balaban J connectivity index is 1.96. The van der Waals surface area contributed by atoms with E-state index in [4.69, 9.17) is 4.52 Å². The van der Waals surface area contributed by atoms with Gasteiger partial charge >= 0.3 is 0 Å². The Morgan fingerprint density at radius 3 is 2.65 bits per heavy atom. The lowest BCUT2D eigenvalue weighted by Crippen LogP contribution is -2.38. The van der Waals surface area contributed by atoms with Gasteiger partial charge in [-0.15, -0.1) is 0 Å². The Labute approximate surface area is 138 Å². The molecule has 2 rings (SSSR count). The molecule has 0 unspecified atom stereocenters. The second kappa shape index (κ2) is 7.40. The third kappa shape index (κ3) is 4.75. The predicted octanol–water partition coefficient (Wildman–Crippen LogP) is 1.18. The zero-order valence-corrected chi connectivity index (χ0v) is 14.9. The third-order valence-corrected chi connectivity index (χ3v) is 4.29. The number of hydrogen-bond donors (Lipinski definition) is 1. The fourth-order valence-electron chi connectivity index (χ4n) is 2.68.